The average molecular weight is 576 g/mol. The second-order valence-electron chi connectivity index (χ2n) is 9.18. The molecule has 0 aliphatic rings. The number of anilines is 1. The summed E-state index contributed by atoms with van der Waals surface area (Å²) in [7, 11) is -4.25. The maximum Gasteiger partial charge on any atom is 0.416 e. The standard InChI is InChI=1S/C26H33ClF3N3O4S/c1-6-18(4)31-25(35)22(7-2)32(15-19-10-8-17(3)9-11-19)24(34)16-33(38(5,36)37)23-14-20(26(28,29)30)12-13-21(23)27/h8-14,18,22H,6-7,15-16H2,1-5H3,(H,31,35)/t18-,22+/m1/s1. The molecule has 2 atom stereocenters. The van der Waals surface area contributed by atoms with E-state index in [-0.39, 0.29) is 24.0 Å². The molecule has 0 spiro atoms. The monoisotopic (exact) mass is 575 g/mol. The van der Waals surface area contributed by atoms with Crippen molar-refractivity contribution in [3.8, 4) is 0 Å². The first-order chi connectivity index (χ1) is 17.6. The number of nitrogens with one attached hydrogen (secondary N) is 1. The van der Waals surface area contributed by atoms with Gasteiger partial charge >= 0.3 is 6.18 Å². The van der Waals surface area contributed by atoms with Crippen molar-refractivity contribution in [2.75, 3.05) is 17.1 Å². The predicted molar refractivity (Wildman–Crippen MR) is 142 cm³/mol. The van der Waals surface area contributed by atoms with Crippen LogP contribution in [0.3, 0.4) is 0 Å². The Kier molecular flexibility index (Phi) is 10.6. The van der Waals surface area contributed by atoms with Crippen molar-refractivity contribution in [1.82, 2.24) is 10.2 Å². The largest absolute Gasteiger partial charge is 0.416 e. The Hall–Kier alpha value is -2.79. The van der Waals surface area contributed by atoms with E-state index in [9.17, 15) is 31.2 Å². The minimum atomic E-state index is -4.76. The van der Waals surface area contributed by atoms with Crippen molar-refractivity contribution in [1.29, 1.82) is 0 Å². The van der Waals surface area contributed by atoms with Gasteiger partial charge in [-0.15, -0.1) is 0 Å². The zero-order valence-corrected chi connectivity index (χ0v) is 23.5. The van der Waals surface area contributed by atoms with Crippen molar-refractivity contribution in [3.05, 3.63) is 64.2 Å². The van der Waals surface area contributed by atoms with Crippen LogP contribution in [0, 0.1) is 6.92 Å². The number of amides is 2. The molecular formula is C26H33ClF3N3O4S. The van der Waals surface area contributed by atoms with E-state index in [0.717, 1.165) is 24.0 Å². The molecule has 0 saturated carbocycles. The summed E-state index contributed by atoms with van der Waals surface area (Å²) in [5.41, 5.74) is 0.0796. The van der Waals surface area contributed by atoms with Crippen molar-refractivity contribution in [3.63, 3.8) is 0 Å². The fraction of sp³-hybridized carbons (Fsp3) is 0.462. The lowest BCUT2D eigenvalue weighted by molar-refractivity contribution is -0.140. The molecule has 210 valence electrons. The maximum atomic E-state index is 13.7. The van der Waals surface area contributed by atoms with Crippen LogP contribution in [0.1, 0.15) is 50.3 Å². The molecule has 2 amide bonds. The highest BCUT2D eigenvalue weighted by Gasteiger charge is 2.35. The van der Waals surface area contributed by atoms with E-state index in [0.29, 0.717) is 22.4 Å². The summed E-state index contributed by atoms with van der Waals surface area (Å²) < 4.78 is 66.0. The molecule has 0 saturated heterocycles. The molecule has 0 aliphatic carbocycles. The van der Waals surface area contributed by atoms with Crippen molar-refractivity contribution in [2.24, 2.45) is 0 Å². The number of aryl methyl sites for hydroxylation is 1. The number of sulfonamides is 1. The maximum absolute atomic E-state index is 13.7. The first kappa shape index (κ1) is 31.4. The van der Waals surface area contributed by atoms with Crippen molar-refractivity contribution < 1.29 is 31.2 Å². The van der Waals surface area contributed by atoms with Gasteiger partial charge in [0.1, 0.15) is 12.6 Å². The topological polar surface area (TPSA) is 86.8 Å². The lowest BCUT2D eigenvalue weighted by Crippen LogP contribution is -2.53. The van der Waals surface area contributed by atoms with E-state index in [1.807, 2.05) is 32.9 Å². The van der Waals surface area contributed by atoms with Crippen LogP contribution in [0.4, 0.5) is 18.9 Å². The molecule has 0 unspecified atom stereocenters. The second-order valence-corrected chi connectivity index (χ2v) is 11.5. The average Bonchev–Trinajstić information content (AvgIpc) is 2.82. The summed E-state index contributed by atoms with van der Waals surface area (Å²) in [4.78, 5) is 28.0. The Morgan fingerprint density at radius 1 is 1.05 bits per heavy atom. The van der Waals surface area contributed by atoms with Gasteiger partial charge in [-0.25, -0.2) is 8.42 Å². The van der Waals surface area contributed by atoms with Crippen molar-refractivity contribution >= 4 is 39.1 Å². The highest BCUT2D eigenvalue weighted by atomic mass is 35.5. The number of alkyl halides is 3. The van der Waals surface area contributed by atoms with Crippen LogP contribution >= 0.6 is 11.6 Å². The normalized spacial score (nSPS) is 13.5. The summed E-state index contributed by atoms with van der Waals surface area (Å²) in [6.07, 6.45) is -3.10. The summed E-state index contributed by atoms with van der Waals surface area (Å²) in [5, 5.41) is 2.57. The van der Waals surface area contributed by atoms with E-state index in [1.165, 1.54) is 4.90 Å². The van der Waals surface area contributed by atoms with Gasteiger partial charge in [-0.2, -0.15) is 13.2 Å². The third kappa shape index (κ3) is 8.36. The number of rotatable bonds is 11. The van der Waals surface area contributed by atoms with E-state index in [2.05, 4.69) is 5.32 Å². The number of carbonyl (C=O) groups excluding carboxylic acids is 2. The number of carbonyl (C=O) groups is 2. The Balaban J connectivity index is 2.54. The van der Waals surface area contributed by atoms with Gasteiger partial charge in [0.2, 0.25) is 21.8 Å². The van der Waals surface area contributed by atoms with E-state index in [4.69, 9.17) is 11.6 Å². The highest BCUT2D eigenvalue weighted by Crippen LogP contribution is 2.36. The van der Waals surface area contributed by atoms with Gasteiger partial charge in [-0.1, -0.05) is 55.3 Å². The molecule has 0 radical (unpaired) electrons. The van der Waals surface area contributed by atoms with Gasteiger partial charge in [0.25, 0.3) is 0 Å². The SMILES string of the molecule is CC[C@@H](C)NC(=O)[C@H](CC)N(Cc1ccc(C)cc1)C(=O)CN(c1cc(C(F)(F)F)ccc1Cl)S(C)(=O)=O. The van der Waals surface area contributed by atoms with Crippen LogP contribution in [0.5, 0.6) is 0 Å². The Morgan fingerprint density at radius 2 is 1.66 bits per heavy atom. The second kappa shape index (κ2) is 12.8. The number of nitrogens with zero attached hydrogens (tertiary/aromatic N) is 2. The third-order valence-corrected chi connectivity index (χ3v) is 7.53. The summed E-state index contributed by atoms with van der Waals surface area (Å²) in [6.45, 7) is 6.46. The molecular weight excluding hydrogens is 543 g/mol. The van der Waals surface area contributed by atoms with Gasteiger partial charge in [-0.3, -0.25) is 13.9 Å². The minimum Gasteiger partial charge on any atom is -0.352 e. The van der Waals surface area contributed by atoms with Gasteiger partial charge < -0.3 is 10.2 Å². The van der Waals surface area contributed by atoms with Gasteiger partial charge in [0, 0.05) is 12.6 Å². The molecule has 1 N–H and O–H groups in total. The Labute approximate surface area is 227 Å². The first-order valence-corrected chi connectivity index (χ1v) is 14.3. The summed E-state index contributed by atoms with van der Waals surface area (Å²) in [6, 6.07) is 8.38. The van der Waals surface area contributed by atoms with E-state index < -0.39 is 51.9 Å². The number of benzene rings is 2. The smallest absolute Gasteiger partial charge is 0.352 e. The third-order valence-electron chi connectivity index (χ3n) is 6.08. The van der Waals surface area contributed by atoms with Gasteiger partial charge in [0.15, 0.2) is 0 Å². The molecule has 7 nitrogen and oxygen atoms in total. The van der Waals surface area contributed by atoms with Crippen LogP contribution in [0.25, 0.3) is 0 Å². The molecule has 0 aromatic heterocycles. The van der Waals surface area contributed by atoms with E-state index in [1.54, 1.807) is 19.1 Å². The lowest BCUT2D eigenvalue weighted by Gasteiger charge is -2.33. The fourth-order valence-electron chi connectivity index (χ4n) is 3.73. The number of halogens is 4. The number of hydrogen-bond acceptors (Lipinski definition) is 4. The molecule has 2 rings (SSSR count). The predicted octanol–water partition coefficient (Wildman–Crippen LogP) is 5.16. The molecule has 0 bridgehead atoms. The zero-order valence-electron chi connectivity index (χ0n) is 22.0. The molecule has 0 fully saturated rings. The van der Waals surface area contributed by atoms with Crippen LogP contribution in [-0.2, 0) is 32.3 Å². The minimum absolute atomic E-state index is 0.0144. The van der Waals surface area contributed by atoms with Gasteiger partial charge in [-0.05, 0) is 50.5 Å². The zero-order chi connectivity index (χ0) is 28.8. The number of hydrogen-bond donors (Lipinski definition) is 1. The molecule has 12 heteroatoms. The molecule has 2 aromatic carbocycles. The van der Waals surface area contributed by atoms with Gasteiger partial charge in [0.05, 0.1) is 22.5 Å². The lowest BCUT2D eigenvalue weighted by atomic mass is 10.1. The molecule has 0 heterocycles. The molecule has 38 heavy (non-hydrogen) atoms. The van der Waals surface area contributed by atoms with Crippen LogP contribution in [0.2, 0.25) is 5.02 Å². The van der Waals surface area contributed by atoms with E-state index >= 15 is 0 Å². The quantitative estimate of drug-likeness (QED) is 0.401. The Bertz CT molecular complexity index is 1240. The van der Waals surface area contributed by atoms with Crippen molar-refractivity contribution in [2.45, 2.75) is 65.3 Å². The van der Waals surface area contributed by atoms with Crippen LogP contribution < -0.4 is 9.62 Å². The summed E-state index contributed by atoms with van der Waals surface area (Å²) in [5.74, 6) is -1.18. The Morgan fingerprint density at radius 3 is 2.16 bits per heavy atom. The van der Waals surface area contributed by atoms with Crippen LogP contribution in [-0.4, -0.2) is 50.0 Å². The van der Waals surface area contributed by atoms with Crippen LogP contribution in [0.15, 0.2) is 42.5 Å². The first-order valence-electron chi connectivity index (χ1n) is 12.1. The molecule has 2 aromatic rings. The highest BCUT2D eigenvalue weighted by molar-refractivity contribution is 7.92. The molecule has 0 aliphatic heterocycles. The fourth-order valence-corrected chi connectivity index (χ4v) is 4.85. The summed E-state index contributed by atoms with van der Waals surface area (Å²) >= 11 is 6.11.